The van der Waals surface area contributed by atoms with E-state index < -0.39 is 0 Å². The van der Waals surface area contributed by atoms with Gasteiger partial charge in [0.25, 0.3) is 0 Å². The first kappa shape index (κ1) is 11.9. The van der Waals surface area contributed by atoms with Crippen LogP contribution in [0.1, 0.15) is 19.8 Å². The summed E-state index contributed by atoms with van der Waals surface area (Å²) >= 11 is 0. The Hall–Kier alpha value is -1.55. The first-order chi connectivity index (χ1) is 8.20. The van der Waals surface area contributed by atoms with Crippen molar-refractivity contribution in [3.63, 3.8) is 0 Å². The largest absolute Gasteiger partial charge is 0.508 e. The topological polar surface area (TPSA) is 58.6 Å². The van der Waals surface area contributed by atoms with Crippen molar-refractivity contribution in [1.29, 1.82) is 0 Å². The molecular formula is C13H17NO3. The Morgan fingerprint density at radius 1 is 1.47 bits per heavy atom. The maximum absolute atomic E-state index is 12.0. The average Bonchev–Trinajstić information content (AvgIpc) is 2.80. The van der Waals surface area contributed by atoms with Crippen molar-refractivity contribution >= 4 is 11.6 Å². The third kappa shape index (κ3) is 2.77. The van der Waals surface area contributed by atoms with Crippen LogP contribution in [-0.4, -0.2) is 23.7 Å². The molecule has 0 saturated carbocycles. The van der Waals surface area contributed by atoms with E-state index >= 15 is 0 Å². The highest BCUT2D eigenvalue weighted by molar-refractivity contribution is 5.93. The second-order valence-electron chi connectivity index (χ2n) is 4.25. The van der Waals surface area contributed by atoms with Crippen LogP contribution in [0.5, 0.6) is 5.75 Å². The Kier molecular flexibility index (Phi) is 3.64. The number of ether oxygens (including phenoxy) is 1. The van der Waals surface area contributed by atoms with Crippen molar-refractivity contribution in [3.05, 3.63) is 24.3 Å². The molecule has 1 aromatic carbocycles. The quantitative estimate of drug-likeness (QED) is 0.789. The zero-order valence-electron chi connectivity index (χ0n) is 9.85. The summed E-state index contributed by atoms with van der Waals surface area (Å²) in [7, 11) is 0. The predicted octanol–water partition coefficient (Wildman–Crippen LogP) is 2.15. The first-order valence-corrected chi connectivity index (χ1v) is 5.92. The van der Waals surface area contributed by atoms with E-state index in [1.807, 2.05) is 6.92 Å². The summed E-state index contributed by atoms with van der Waals surface area (Å²) in [5, 5.41) is 12.0. The van der Waals surface area contributed by atoms with Crippen molar-refractivity contribution in [2.45, 2.75) is 25.9 Å². The van der Waals surface area contributed by atoms with E-state index in [0.717, 1.165) is 12.8 Å². The molecule has 0 radical (unpaired) electrons. The van der Waals surface area contributed by atoms with E-state index in [0.29, 0.717) is 12.3 Å². The fourth-order valence-electron chi connectivity index (χ4n) is 2.13. The summed E-state index contributed by atoms with van der Waals surface area (Å²) < 4.78 is 5.49. The Morgan fingerprint density at radius 2 is 2.18 bits per heavy atom. The first-order valence-electron chi connectivity index (χ1n) is 5.92. The number of hydrogen-bond donors (Lipinski definition) is 2. The molecule has 1 heterocycles. The monoisotopic (exact) mass is 235 g/mol. The van der Waals surface area contributed by atoms with Gasteiger partial charge in [-0.2, -0.15) is 0 Å². The van der Waals surface area contributed by atoms with Crippen molar-refractivity contribution < 1.29 is 14.6 Å². The van der Waals surface area contributed by atoms with Crippen LogP contribution >= 0.6 is 0 Å². The van der Waals surface area contributed by atoms with Crippen LogP contribution in [0, 0.1) is 5.92 Å². The number of benzene rings is 1. The molecule has 0 spiro atoms. The van der Waals surface area contributed by atoms with E-state index in [9.17, 15) is 4.79 Å². The average molecular weight is 235 g/mol. The number of hydrogen-bond acceptors (Lipinski definition) is 3. The third-order valence-electron chi connectivity index (χ3n) is 3.08. The lowest BCUT2D eigenvalue weighted by Crippen LogP contribution is -2.29. The molecule has 4 nitrogen and oxygen atoms in total. The molecule has 4 heteroatoms. The minimum Gasteiger partial charge on any atom is -0.508 e. The zero-order chi connectivity index (χ0) is 12.3. The smallest absolute Gasteiger partial charge is 0.230 e. The molecule has 1 aromatic rings. The maximum Gasteiger partial charge on any atom is 0.230 e. The van der Waals surface area contributed by atoms with Crippen LogP contribution in [0.4, 0.5) is 5.69 Å². The summed E-state index contributed by atoms with van der Waals surface area (Å²) in [6, 6.07) is 6.48. The SMILES string of the molecule is CCC1OCCC1C(=O)Nc1ccc(O)cc1. The van der Waals surface area contributed by atoms with Gasteiger partial charge in [-0.25, -0.2) is 0 Å². The molecule has 0 bridgehead atoms. The van der Waals surface area contributed by atoms with Crippen LogP contribution in [0.25, 0.3) is 0 Å². The van der Waals surface area contributed by atoms with Crippen LogP contribution in [0.2, 0.25) is 0 Å². The number of rotatable bonds is 3. The Morgan fingerprint density at radius 3 is 2.82 bits per heavy atom. The number of anilines is 1. The molecule has 2 atom stereocenters. The van der Waals surface area contributed by atoms with Gasteiger partial charge in [-0.1, -0.05) is 6.92 Å². The normalized spacial score (nSPS) is 23.6. The van der Waals surface area contributed by atoms with Gasteiger partial charge in [0.05, 0.1) is 12.0 Å². The molecule has 92 valence electrons. The summed E-state index contributed by atoms with van der Waals surface area (Å²) in [5.41, 5.74) is 0.703. The Bertz CT molecular complexity index is 388. The van der Waals surface area contributed by atoms with Gasteiger partial charge in [0.15, 0.2) is 0 Å². The molecule has 1 fully saturated rings. The molecular weight excluding hydrogens is 218 g/mol. The molecule has 2 N–H and O–H groups in total. The second-order valence-corrected chi connectivity index (χ2v) is 4.25. The Balaban J connectivity index is 1.99. The molecule has 0 aromatic heterocycles. The standard InChI is InChI=1S/C13H17NO3/c1-2-12-11(7-8-17-12)13(16)14-9-3-5-10(15)6-4-9/h3-6,11-12,15H,2,7-8H2,1H3,(H,14,16). The number of carbonyl (C=O) groups excluding carboxylic acids is 1. The highest BCUT2D eigenvalue weighted by Gasteiger charge is 2.32. The second kappa shape index (κ2) is 5.19. The van der Waals surface area contributed by atoms with Gasteiger partial charge in [0.2, 0.25) is 5.91 Å². The summed E-state index contributed by atoms with van der Waals surface area (Å²) in [6.45, 7) is 2.68. The fourth-order valence-corrected chi connectivity index (χ4v) is 2.13. The van der Waals surface area contributed by atoms with Gasteiger partial charge < -0.3 is 15.2 Å². The zero-order valence-corrected chi connectivity index (χ0v) is 9.85. The molecule has 1 aliphatic rings. The number of amides is 1. The lowest BCUT2D eigenvalue weighted by Gasteiger charge is -2.16. The predicted molar refractivity (Wildman–Crippen MR) is 64.9 cm³/mol. The van der Waals surface area contributed by atoms with E-state index in [1.165, 1.54) is 0 Å². The van der Waals surface area contributed by atoms with Crippen molar-refractivity contribution in [2.75, 3.05) is 11.9 Å². The van der Waals surface area contributed by atoms with Crippen LogP contribution in [0.15, 0.2) is 24.3 Å². The maximum atomic E-state index is 12.0. The number of carbonyl (C=O) groups is 1. The number of aromatic hydroxyl groups is 1. The van der Waals surface area contributed by atoms with Gasteiger partial charge in [0.1, 0.15) is 5.75 Å². The van der Waals surface area contributed by atoms with Crippen LogP contribution < -0.4 is 5.32 Å². The van der Waals surface area contributed by atoms with Crippen LogP contribution in [-0.2, 0) is 9.53 Å². The van der Waals surface area contributed by atoms with Crippen molar-refractivity contribution in [2.24, 2.45) is 5.92 Å². The lowest BCUT2D eigenvalue weighted by atomic mass is 9.98. The molecule has 2 rings (SSSR count). The highest BCUT2D eigenvalue weighted by Crippen LogP contribution is 2.25. The molecule has 2 unspecified atom stereocenters. The van der Waals surface area contributed by atoms with E-state index in [1.54, 1.807) is 24.3 Å². The number of phenols is 1. The summed E-state index contributed by atoms with van der Waals surface area (Å²) in [6.07, 6.45) is 1.67. The van der Waals surface area contributed by atoms with E-state index in [4.69, 9.17) is 9.84 Å². The van der Waals surface area contributed by atoms with Gasteiger partial charge in [0, 0.05) is 12.3 Å². The summed E-state index contributed by atoms with van der Waals surface area (Å²) in [5.74, 6) is 0.132. The third-order valence-corrected chi connectivity index (χ3v) is 3.08. The van der Waals surface area contributed by atoms with E-state index in [-0.39, 0.29) is 23.7 Å². The van der Waals surface area contributed by atoms with Crippen molar-refractivity contribution in [3.8, 4) is 5.75 Å². The number of phenolic OH excluding ortho intramolecular Hbond substituents is 1. The number of nitrogens with one attached hydrogen (secondary N) is 1. The lowest BCUT2D eigenvalue weighted by molar-refractivity contribution is -0.121. The Labute approximate surface area is 101 Å². The summed E-state index contributed by atoms with van der Waals surface area (Å²) in [4.78, 5) is 12.0. The van der Waals surface area contributed by atoms with Gasteiger partial charge >= 0.3 is 0 Å². The van der Waals surface area contributed by atoms with E-state index in [2.05, 4.69) is 5.32 Å². The molecule has 1 amide bonds. The molecule has 1 aliphatic heterocycles. The molecule has 1 saturated heterocycles. The molecule has 17 heavy (non-hydrogen) atoms. The van der Waals surface area contributed by atoms with Gasteiger partial charge in [-0.3, -0.25) is 4.79 Å². The minimum absolute atomic E-state index is 0.0000368. The highest BCUT2D eigenvalue weighted by atomic mass is 16.5. The molecule has 0 aliphatic carbocycles. The van der Waals surface area contributed by atoms with Gasteiger partial charge in [-0.05, 0) is 37.1 Å². The van der Waals surface area contributed by atoms with Crippen molar-refractivity contribution in [1.82, 2.24) is 0 Å². The minimum atomic E-state index is -0.0613. The van der Waals surface area contributed by atoms with Crippen LogP contribution in [0.3, 0.4) is 0 Å². The van der Waals surface area contributed by atoms with Gasteiger partial charge in [-0.15, -0.1) is 0 Å². The fraction of sp³-hybridized carbons (Fsp3) is 0.462.